The number of H-pyrrole nitrogens is 1. The van der Waals surface area contributed by atoms with Gasteiger partial charge in [-0.2, -0.15) is 0 Å². The maximum atomic E-state index is 5.03. The Kier molecular flexibility index (Phi) is 8.33. The van der Waals surface area contributed by atoms with Crippen molar-refractivity contribution in [2.24, 2.45) is 0 Å². The van der Waals surface area contributed by atoms with Crippen molar-refractivity contribution in [3.8, 4) is 44.8 Å². The van der Waals surface area contributed by atoms with Crippen molar-refractivity contribution in [1.29, 1.82) is 0 Å². The van der Waals surface area contributed by atoms with Crippen LogP contribution in [0.1, 0.15) is 90.1 Å². The van der Waals surface area contributed by atoms with Crippen LogP contribution < -0.4 is 0 Å². The van der Waals surface area contributed by atoms with E-state index in [9.17, 15) is 0 Å². The van der Waals surface area contributed by atoms with Crippen molar-refractivity contribution in [3.63, 3.8) is 0 Å². The normalized spacial score (nSPS) is 12.6. The lowest BCUT2D eigenvalue weighted by molar-refractivity contribution is 0.589. The minimum Gasteiger partial charge on any atom is -0.353 e. The highest BCUT2D eigenvalue weighted by Gasteiger charge is 2.24. The summed E-state index contributed by atoms with van der Waals surface area (Å²) < 4.78 is 0. The molecule has 7 rings (SSSR count). The minimum atomic E-state index is -0.0334. The maximum absolute atomic E-state index is 5.03. The minimum absolute atomic E-state index is 0.0179. The third-order valence-corrected chi connectivity index (χ3v) is 10.4. The molecule has 51 heavy (non-hydrogen) atoms. The first-order chi connectivity index (χ1) is 24.0. The molecule has 0 unspecified atom stereocenters. The van der Waals surface area contributed by atoms with Crippen LogP contribution in [0, 0.1) is 13.8 Å². The fourth-order valence-electron chi connectivity index (χ4n) is 7.33. The molecule has 1 N–H and O–H groups in total. The number of aromatic amines is 1. The predicted molar refractivity (Wildman–Crippen MR) is 219 cm³/mol. The van der Waals surface area contributed by atoms with Gasteiger partial charge in [0.15, 0.2) is 0 Å². The fourth-order valence-corrected chi connectivity index (χ4v) is 7.33. The predicted octanol–water partition coefficient (Wildman–Crippen LogP) is 13.3. The molecule has 4 aromatic carbocycles. The lowest BCUT2D eigenvalue weighted by Gasteiger charge is -2.22. The Balaban J connectivity index is 1.38. The number of nitrogens with zero attached hydrogens (tertiary/aromatic N) is 2. The van der Waals surface area contributed by atoms with E-state index < -0.39 is 0 Å². The standard InChI is InChI=1S/C48H51N3/c1-29-21-34(46(3,4)5)22-30(2)43(29)33-18-19-41(50-28-33)32-16-14-15-31(23-32)37-24-35(47(6,7)8)25-38-39-26-36(48(9,10)11)27-40(45(39)51-44(37)38)42-17-12-13-20-49-42/h12-28,51H,1-11H3. The Labute approximate surface area is 304 Å². The molecule has 3 nitrogen and oxygen atoms in total. The summed E-state index contributed by atoms with van der Waals surface area (Å²) in [5.41, 5.74) is 17.9. The number of fused-ring (bicyclic) bond motifs is 3. The van der Waals surface area contributed by atoms with Gasteiger partial charge < -0.3 is 4.98 Å². The van der Waals surface area contributed by atoms with Gasteiger partial charge in [0.25, 0.3) is 0 Å². The van der Waals surface area contributed by atoms with E-state index in [-0.39, 0.29) is 16.2 Å². The first-order valence-corrected chi connectivity index (χ1v) is 18.2. The largest absolute Gasteiger partial charge is 0.353 e. The molecule has 0 aliphatic heterocycles. The van der Waals surface area contributed by atoms with Crippen molar-refractivity contribution < 1.29 is 0 Å². The fraction of sp³-hybridized carbons (Fsp3) is 0.292. The molecular formula is C48H51N3. The van der Waals surface area contributed by atoms with Crippen LogP contribution in [0.25, 0.3) is 66.6 Å². The number of nitrogens with one attached hydrogen (secondary N) is 1. The smallest absolute Gasteiger partial charge is 0.0723 e. The molecule has 258 valence electrons. The van der Waals surface area contributed by atoms with Crippen LogP contribution in [0.4, 0.5) is 0 Å². The molecule has 0 spiro atoms. The van der Waals surface area contributed by atoms with Crippen LogP contribution in [0.5, 0.6) is 0 Å². The SMILES string of the molecule is Cc1cc(C(C)(C)C)cc(C)c1-c1ccc(-c2cccc(-c3cc(C(C)(C)C)cc4c3[nH]c3c(-c5ccccn5)cc(C(C)(C)C)cc34)c2)nc1. The summed E-state index contributed by atoms with van der Waals surface area (Å²) >= 11 is 0. The zero-order chi connectivity index (χ0) is 36.5. The number of benzene rings is 4. The van der Waals surface area contributed by atoms with Gasteiger partial charge in [-0.15, -0.1) is 0 Å². The quantitative estimate of drug-likeness (QED) is 0.203. The summed E-state index contributed by atoms with van der Waals surface area (Å²) in [6.45, 7) is 25.0. The number of hydrogen-bond donors (Lipinski definition) is 1. The van der Waals surface area contributed by atoms with Crippen molar-refractivity contribution in [1.82, 2.24) is 15.0 Å². The summed E-state index contributed by atoms with van der Waals surface area (Å²) in [5.74, 6) is 0. The average molecular weight is 670 g/mol. The molecule has 0 saturated heterocycles. The Bertz CT molecular complexity index is 2380. The monoisotopic (exact) mass is 669 g/mol. The van der Waals surface area contributed by atoms with E-state index >= 15 is 0 Å². The summed E-state index contributed by atoms with van der Waals surface area (Å²) in [5, 5.41) is 2.48. The first kappa shape index (κ1) is 34.4. The summed E-state index contributed by atoms with van der Waals surface area (Å²) in [6.07, 6.45) is 3.92. The van der Waals surface area contributed by atoms with Gasteiger partial charge >= 0.3 is 0 Å². The van der Waals surface area contributed by atoms with Gasteiger partial charge in [0, 0.05) is 45.4 Å². The van der Waals surface area contributed by atoms with Gasteiger partial charge in [-0.1, -0.05) is 105 Å². The molecule has 0 atom stereocenters. The van der Waals surface area contributed by atoms with Crippen molar-refractivity contribution >= 4 is 21.8 Å². The molecule has 7 aromatic rings. The highest BCUT2D eigenvalue weighted by molar-refractivity contribution is 6.16. The lowest BCUT2D eigenvalue weighted by atomic mass is 9.82. The molecule has 0 saturated carbocycles. The van der Waals surface area contributed by atoms with E-state index in [1.807, 2.05) is 18.5 Å². The summed E-state index contributed by atoms with van der Waals surface area (Å²) in [6, 6.07) is 33.6. The van der Waals surface area contributed by atoms with Gasteiger partial charge in [-0.25, -0.2) is 0 Å². The highest BCUT2D eigenvalue weighted by atomic mass is 14.7. The second-order valence-electron chi connectivity index (χ2n) is 17.5. The van der Waals surface area contributed by atoms with Gasteiger partial charge in [0.05, 0.1) is 22.4 Å². The van der Waals surface area contributed by atoms with Crippen LogP contribution >= 0.6 is 0 Å². The molecule has 3 heteroatoms. The third kappa shape index (κ3) is 6.51. The van der Waals surface area contributed by atoms with E-state index in [1.54, 1.807) is 0 Å². The van der Waals surface area contributed by atoms with E-state index in [2.05, 4.69) is 166 Å². The number of rotatable bonds is 4. The van der Waals surface area contributed by atoms with E-state index in [1.165, 1.54) is 55.3 Å². The maximum Gasteiger partial charge on any atom is 0.0723 e. The lowest BCUT2D eigenvalue weighted by Crippen LogP contribution is -2.12. The number of aryl methyl sites for hydroxylation is 2. The van der Waals surface area contributed by atoms with Gasteiger partial charge in [-0.3, -0.25) is 9.97 Å². The molecule has 0 bridgehead atoms. The van der Waals surface area contributed by atoms with Gasteiger partial charge in [-0.05, 0) is 118 Å². The zero-order valence-corrected chi connectivity index (χ0v) is 32.2. The summed E-state index contributed by atoms with van der Waals surface area (Å²) in [4.78, 5) is 13.7. The van der Waals surface area contributed by atoms with Crippen LogP contribution in [-0.4, -0.2) is 15.0 Å². The number of hydrogen-bond acceptors (Lipinski definition) is 2. The van der Waals surface area contributed by atoms with E-state index in [0.29, 0.717) is 0 Å². The molecule has 0 fully saturated rings. The average Bonchev–Trinajstić information content (AvgIpc) is 3.45. The Hall–Kier alpha value is -5.02. The number of aromatic nitrogens is 3. The van der Waals surface area contributed by atoms with Crippen molar-refractivity contribution in [3.05, 3.63) is 131 Å². The van der Waals surface area contributed by atoms with Crippen molar-refractivity contribution in [2.45, 2.75) is 92.4 Å². The molecule has 0 amide bonds. The molecule has 3 heterocycles. The Morgan fingerprint density at radius 3 is 1.59 bits per heavy atom. The number of pyridine rings is 2. The first-order valence-electron chi connectivity index (χ1n) is 18.2. The van der Waals surface area contributed by atoms with Crippen LogP contribution in [-0.2, 0) is 16.2 Å². The molecular weight excluding hydrogens is 619 g/mol. The Morgan fingerprint density at radius 2 is 1.04 bits per heavy atom. The molecule has 0 radical (unpaired) electrons. The van der Waals surface area contributed by atoms with E-state index in [4.69, 9.17) is 9.97 Å². The van der Waals surface area contributed by atoms with Crippen LogP contribution in [0.3, 0.4) is 0 Å². The zero-order valence-electron chi connectivity index (χ0n) is 32.2. The van der Waals surface area contributed by atoms with Crippen molar-refractivity contribution in [2.75, 3.05) is 0 Å². The van der Waals surface area contributed by atoms with E-state index in [0.717, 1.165) is 39.1 Å². The molecule has 0 aliphatic carbocycles. The summed E-state index contributed by atoms with van der Waals surface area (Å²) in [7, 11) is 0. The van der Waals surface area contributed by atoms with Gasteiger partial charge in [0.1, 0.15) is 0 Å². The third-order valence-electron chi connectivity index (χ3n) is 10.4. The second-order valence-corrected chi connectivity index (χ2v) is 17.5. The molecule has 3 aromatic heterocycles. The molecule has 0 aliphatic rings. The highest BCUT2D eigenvalue weighted by Crippen LogP contribution is 2.43. The second kappa shape index (κ2) is 12.3. The Morgan fingerprint density at radius 1 is 0.471 bits per heavy atom. The van der Waals surface area contributed by atoms with Gasteiger partial charge in [0.2, 0.25) is 0 Å². The van der Waals surface area contributed by atoms with Crippen LogP contribution in [0.2, 0.25) is 0 Å². The van der Waals surface area contributed by atoms with Crippen LogP contribution in [0.15, 0.2) is 103 Å². The topological polar surface area (TPSA) is 41.6 Å².